The molecule has 3 aromatic rings. The summed E-state index contributed by atoms with van der Waals surface area (Å²) in [6.07, 6.45) is 0. The molecule has 0 fully saturated rings. The van der Waals surface area contributed by atoms with E-state index < -0.39 is 0 Å². The first-order valence-corrected chi connectivity index (χ1v) is 9.51. The van der Waals surface area contributed by atoms with Crippen LogP contribution in [-0.2, 0) is 11.3 Å². The van der Waals surface area contributed by atoms with Crippen LogP contribution in [0.4, 0.5) is 20.9 Å². The number of halogens is 1. The van der Waals surface area contributed by atoms with Crippen LogP contribution >= 0.6 is 11.3 Å². The summed E-state index contributed by atoms with van der Waals surface area (Å²) in [6, 6.07) is 13.9. The number of hydrogen-bond acceptors (Lipinski definition) is 4. The molecule has 0 aliphatic carbocycles. The summed E-state index contributed by atoms with van der Waals surface area (Å²) in [5.41, 5.74) is 3.74. The van der Waals surface area contributed by atoms with Gasteiger partial charge in [0.2, 0.25) is 0 Å². The van der Waals surface area contributed by atoms with Crippen molar-refractivity contribution in [2.45, 2.75) is 13.5 Å². The van der Waals surface area contributed by atoms with Gasteiger partial charge in [0.05, 0.1) is 7.05 Å². The van der Waals surface area contributed by atoms with Crippen LogP contribution < -0.4 is 15.5 Å². The molecule has 3 rings (SSSR count). The molecule has 140 valence electrons. The van der Waals surface area contributed by atoms with Gasteiger partial charge in [0.15, 0.2) is 11.7 Å². The number of nitrogens with one attached hydrogen (secondary N) is 3. The molecule has 0 bridgehead atoms. The maximum atomic E-state index is 12.9. The Morgan fingerprint density at radius 1 is 1.11 bits per heavy atom. The van der Waals surface area contributed by atoms with Gasteiger partial charge in [-0.2, -0.15) is 0 Å². The summed E-state index contributed by atoms with van der Waals surface area (Å²) in [6.45, 7) is 2.99. The van der Waals surface area contributed by atoms with E-state index >= 15 is 0 Å². The van der Waals surface area contributed by atoms with Crippen molar-refractivity contribution in [1.29, 1.82) is 0 Å². The summed E-state index contributed by atoms with van der Waals surface area (Å²) in [5, 5.41) is 8.89. The molecule has 1 unspecified atom stereocenters. The molecular weight excluding hydrogens is 363 g/mol. The molecule has 0 saturated heterocycles. The summed E-state index contributed by atoms with van der Waals surface area (Å²) in [7, 11) is 1.94. The molecule has 0 spiro atoms. The van der Waals surface area contributed by atoms with Gasteiger partial charge in [0.25, 0.3) is 5.91 Å². The molecule has 1 aromatic heterocycles. The average Bonchev–Trinajstić information content (AvgIpc) is 3.05. The molecule has 7 heteroatoms. The second-order valence-electron chi connectivity index (χ2n) is 6.50. The minimum atomic E-state index is -0.325. The highest BCUT2D eigenvalue weighted by Crippen LogP contribution is 2.20. The van der Waals surface area contributed by atoms with Gasteiger partial charge < -0.3 is 15.5 Å². The van der Waals surface area contributed by atoms with Crippen LogP contribution in [0.25, 0.3) is 0 Å². The van der Waals surface area contributed by atoms with Crippen molar-refractivity contribution in [2.75, 3.05) is 24.2 Å². The van der Waals surface area contributed by atoms with Gasteiger partial charge in [-0.05, 0) is 43.3 Å². The van der Waals surface area contributed by atoms with Gasteiger partial charge in [-0.3, -0.25) is 4.79 Å². The van der Waals surface area contributed by atoms with E-state index in [1.165, 1.54) is 17.7 Å². The van der Waals surface area contributed by atoms with E-state index in [9.17, 15) is 9.18 Å². The lowest BCUT2D eigenvalue weighted by Gasteiger charge is -2.12. The number of thiazole rings is 1. The number of benzene rings is 2. The Bertz CT molecular complexity index is 893. The normalized spacial score (nSPS) is 11.8. The fourth-order valence-electron chi connectivity index (χ4n) is 2.59. The minimum absolute atomic E-state index is 0.118. The Labute approximate surface area is 161 Å². The molecule has 1 heterocycles. The number of likely N-dealkylation sites (N-methyl/N-ethyl adjacent to an activating group) is 1. The third-order valence-corrected chi connectivity index (χ3v) is 4.73. The smallest absolute Gasteiger partial charge is 0.279 e. The quantitative estimate of drug-likeness (QED) is 0.586. The SMILES string of the molecule is Cc1ccc(Nc2nc(C[NH+](C)CC(=O)Nc3ccc(F)cc3)cs2)cc1. The highest BCUT2D eigenvalue weighted by atomic mass is 32.1. The van der Waals surface area contributed by atoms with Crippen LogP contribution in [0.2, 0.25) is 0 Å². The number of hydrogen-bond donors (Lipinski definition) is 3. The summed E-state index contributed by atoms with van der Waals surface area (Å²) in [4.78, 5) is 17.7. The zero-order valence-electron chi connectivity index (χ0n) is 15.3. The number of rotatable bonds is 7. The first kappa shape index (κ1) is 19.0. The monoisotopic (exact) mass is 385 g/mol. The number of carbonyl (C=O) groups is 1. The lowest BCUT2D eigenvalue weighted by atomic mass is 10.2. The number of quaternary nitrogens is 1. The standard InChI is InChI=1S/C20H21FN4OS/c1-14-3-7-17(8-4-14)23-20-24-18(13-27-20)11-25(2)12-19(26)22-16-9-5-15(21)6-10-16/h3-10,13H,11-12H2,1-2H3,(H,22,26)(H,23,24)/p+1. The number of nitrogens with zero attached hydrogens (tertiary/aromatic N) is 1. The van der Waals surface area contributed by atoms with E-state index in [-0.39, 0.29) is 11.7 Å². The molecule has 2 aromatic carbocycles. The maximum Gasteiger partial charge on any atom is 0.279 e. The zero-order valence-corrected chi connectivity index (χ0v) is 16.1. The molecule has 0 saturated carbocycles. The van der Waals surface area contributed by atoms with Crippen LogP contribution in [0.15, 0.2) is 53.9 Å². The Hall–Kier alpha value is -2.77. The second-order valence-corrected chi connectivity index (χ2v) is 7.36. The van der Waals surface area contributed by atoms with Crippen LogP contribution in [-0.4, -0.2) is 24.5 Å². The molecule has 0 aliphatic rings. The first-order valence-electron chi connectivity index (χ1n) is 8.63. The van der Waals surface area contributed by atoms with Crippen molar-refractivity contribution in [1.82, 2.24) is 4.98 Å². The average molecular weight is 385 g/mol. The highest BCUT2D eigenvalue weighted by Gasteiger charge is 2.13. The fourth-order valence-corrected chi connectivity index (χ4v) is 3.32. The maximum absolute atomic E-state index is 12.9. The first-order chi connectivity index (χ1) is 13.0. The highest BCUT2D eigenvalue weighted by molar-refractivity contribution is 7.13. The van der Waals surface area contributed by atoms with Gasteiger partial charge in [-0.25, -0.2) is 9.37 Å². The molecule has 27 heavy (non-hydrogen) atoms. The van der Waals surface area contributed by atoms with E-state index in [0.29, 0.717) is 18.8 Å². The zero-order chi connectivity index (χ0) is 19.2. The second kappa shape index (κ2) is 8.75. The van der Waals surface area contributed by atoms with Gasteiger partial charge in [0.1, 0.15) is 18.1 Å². The van der Waals surface area contributed by atoms with Crippen molar-refractivity contribution in [3.05, 3.63) is 71.0 Å². The predicted molar refractivity (Wildman–Crippen MR) is 107 cm³/mol. The lowest BCUT2D eigenvalue weighted by Crippen LogP contribution is -3.08. The molecular formula is C20H22FN4OS+. The van der Waals surface area contributed by atoms with Crippen molar-refractivity contribution in [3.63, 3.8) is 0 Å². The molecule has 1 atom stereocenters. The number of carbonyl (C=O) groups excluding carboxylic acids is 1. The molecule has 5 nitrogen and oxygen atoms in total. The topological polar surface area (TPSA) is 58.5 Å². The van der Waals surface area contributed by atoms with Crippen molar-refractivity contribution >= 4 is 33.8 Å². The Morgan fingerprint density at radius 2 is 1.78 bits per heavy atom. The Kier molecular flexibility index (Phi) is 6.16. The summed E-state index contributed by atoms with van der Waals surface area (Å²) >= 11 is 1.54. The van der Waals surface area contributed by atoms with Crippen LogP contribution in [0.1, 0.15) is 11.3 Å². The van der Waals surface area contributed by atoms with Gasteiger partial charge in [0, 0.05) is 16.8 Å². The van der Waals surface area contributed by atoms with E-state index in [4.69, 9.17) is 0 Å². The largest absolute Gasteiger partial charge is 0.332 e. The number of aromatic nitrogens is 1. The molecule has 3 N–H and O–H groups in total. The Balaban J connectivity index is 1.49. The minimum Gasteiger partial charge on any atom is -0.332 e. The molecule has 0 radical (unpaired) electrons. The van der Waals surface area contributed by atoms with Crippen LogP contribution in [0, 0.1) is 12.7 Å². The molecule has 1 amide bonds. The van der Waals surface area contributed by atoms with E-state index in [0.717, 1.165) is 21.4 Å². The van der Waals surface area contributed by atoms with Gasteiger partial charge >= 0.3 is 0 Å². The van der Waals surface area contributed by atoms with Crippen molar-refractivity contribution < 1.29 is 14.1 Å². The fraction of sp³-hybridized carbons (Fsp3) is 0.200. The number of aryl methyl sites for hydroxylation is 1. The van der Waals surface area contributed by atoms with E-state index in [1.807, 2.05) is 24.6 Å². The van der Waals surface area contributed by atoms with Gasteiger partial charge in [-0.1, -0.05) is 17.7 Å². The van der Waals surface area contributed by atoms with Gasteiger partial charge in [-0.15, -0.1) is 11.3 Å². The van der Waals surface area contributed by atoms with E-state index in [1.54, 1.807) is 23.5 Å². The third kappa shape index (κ3) is 5.87. The van der Waals surface area contributed by atoms with Crippen LogP contribution in [0.5, 0.6) is 0 Å². The predicted octanol–water partition coefficient (Wildman–Crippen LogP) is 2.99. The van der Waals surface area contributed by atoms with E-state index in [2.05, 4.69) is 34.7 Å². The summed E-state index contributed by atoms with van der Waals surface area (Å²) in [5.74, 6) is -0.443. The van der Waals surface area contributed by atoms with Crippen molar-refractivity contribution in [2.24, 2.45) is 0 Å². The third-order valence-electron chi connectivity index (χ3n) is 3.93. The van der Waals surface area contributed by atoms with Crippen LogP contribution in [0.3, 0.4) is 0 Å². The lowest BCUT2D eigenvalue weighted by molar-refractivity contribution is -0.885. The number of anilines is 3. The number of amides is 1. The Morgan fingerprint density at radius 3 is 2.48 bits per heavy atom. The van der Waals surface area contributed by atoms with Crippen molar-refractivity contribution in [3.8, 4) is 0 Å². The summed E-state index contributed by atoms with van der Waals surface area (Å²) < 4.78 is 12.9. The molecule has 0 aliphatic heterocycles.